The van der Waals surface area contributed by atoms with Gasteiger partial charge in [0.2, 0.25) is 0 Å². The van der Waals surface area contributed by atoms with Crippen LogP contribution in [0.1, 0.15) is 47.9 Å². The molecule has 29 heavy (non-hydrogen) atoms. The third kappa shape index (κ3) is 4.42. The molecule has 0 spiro atoms. The minimum atomic E-state index is -3.16. The highest BCUT2D eigenvalue weighted by atomic mass is 32.2. The molecule has 0 N–H and O–H groups in total. The summed E-state index contributed by atoms with van der Waals surface area (Å²) in [4.78, 5) is 27.8. The molecule has 1 unspecified atom stereocenters. The molecule has 0 aliphatic carbocycles. The van der Waals surface area contributed by atoms with Crippen LogP contribution >= 0.6 is 0 Å². The third-order valence-electron chi connectivity index (χ3n) is 5.38. The number of aryl methyl sites for hydroxylation is 1. The molecule has 1 aliphatic heterocycles. The number of rotatable bonds is 7. The zero-order chi connectivity index (χ0) is 21.2. The highest BCUT2D eigenvalue weighted by molar-refractivity contribution is 7.91. The molecule has 8 heteroatoms. The van der Waals surface area contributed by atoms with Crippen LogP contribution in [-0.4, -0.2) is 58.9 Å². The molecule has 1 atom stereocenters. The Labute approximate surface area is 171 Å². The van der Waals surface area contributed by atoms with E-state index in [1.165, 1.54) is 4.90 Å². The molecular weight excluding hydrogens is 390 g/mol. The number of unbranched alkanes of at least 4 members (excludes halogenated alkanes) is 1. The zero-order valence-corrected chi connectivity index (χ0v) is 17.9. The molecule has 2 heterocycles. The van der Waals surface area contributed by atoms with Crippen molar-refractivity contribution < 1.29 is 18.0 Å². The Hall–Kier alpha value is -2.48. The van der Waals surface area contributed by atoms with E-state index in [0.29, 0.717) is 29.9 Å². The Kier molecular flexibility index (Phi) is 6.21. The molecule has 7 nitrogen and oxygen atoms in total. The SMILES string of the molecule is CCCCN(C(=O)C(=O)c1c(C)nn(-c2ccccc2)c1C)C1CCS(=O)(=O)C1. The molecule has 1 aromatic heterocycles. The maximum atomic E-state index is 13.2. The minimum absolute atomic E-state index is 0.0613. The number of hydrogen-bond acceptors (Lipinski definition) is 5. The van der Waals surface area contributed by atoms with Gasteiger partial charge in [0.1, 0.15) is 0 Å². The average Bonchev–Trinajstić information content (AvgIpc) is 3.20. The van der Waals surface area contributed by atoms with E-state index in [9.17, 15) is 18.0 Å². The van der Waals surface area contributed by atoms with Crippen LogP contribution in [-0.2, 0) is 14.6 Å². The number of carbonyl (C=O) groups excluding carboxylic acids is 2. The predicted molar refractivity (Wildman–Crippen MR) is 111 cm³/mol. The number of hydrogen-bond donors (Lipinski definition) is 0. The van der Waals surface area contributed by atoms with Gasteiger partial charge in [-0.2, -0.15) is 5.10 Å². The smallest absolute Gasteiger partial charge is 0.295 e. The summed E-state index contributed by atoms with van der Waals surface area (Å²) >= 11 is 0. The van der Waals surface area contributed by atoms with Gasteiger partial charge in [0, 0.05) is 12.6 Å². The van der Waals surface area contributed by atoms with Gasteiger partial charge in [0.15, 0.2) is 9.84 Å². The Balaban J connectivity index is 1.91. The number of benzene rings is 1. The lowest BCUT2D eigenvalue weighted by atomic mass is 10.1. The molecule has 2 aromatic rings. The summed E-state index contributed by atoms with van der Waals surface area (Å²) in [5.41, 5.74) is 2.19. The van der Waals surface area contributed by atoms with E-state index in [-0.39, 0.29) is 11.5 Å². The fourth-order valence-electron chi connectivity index (χ4n) is 3.83. The molecule has 1 amide bonds. The van der Waals surface area contributed by atoms with Crippen LogP contribution in [0.5, 0.6) is 0 Å². The number of para-hydroxylation sites is 1. The third-order valence-corrected chi connectivity index (χ3v) is 7.13. The number of amides is 1. The largest absolute Gasteiger partial charge is 0.332 e. The van der Waals surface area contributed by atoms with Crippen LogP contribution in [0.2, 0.25) is 0 Å². The van der Waals surface area contributed by atoms with Crippen molar-refractivity contribution in [1.29, 1.82) is 0 Å². The van der Waals surface area contributed by atoms with Gasteiger partial charge in [-0.05, 0) is 38.8 Å². The molecular formula is C21H27N3O4S. The topological polar surface area (TPSA) is 89.3 Å². The number of ketones is 1. The first-order valence-electron chi connectivity index (χ1n) is 9.92. The molecule has 1 saturated heterocycles. The quantitative estimate of drug-likeness (QED) is 0.510. The van der Waals surface area contributed by atoms with Crippen LogP contribution in [0.15, 0.2) is 30.3 Å². The van der Waals surface area contributed by atoms with Crippen molar-refractivity contribution in [2.24, 2.45) is 0 Å². The predicted octanol–water partition coefficient (Wildman–Crippen LogP) is 2.49. The van der Waals surface area contributed by atoms with Crippen LogP contribution in [0.25, 0.3) is 5.69 Å². The lowest BCUT2D eigenvalue weighted by Crippen LogP contribution is -2.45. The normalized spacial score (nSPS) is 18.0. The molecule has 1 aliphatic rings. The Morgan fingerprint density at radius 2 is 1.90 bits per heavy atom. The van der Waals surface area contributed by atoms with Crippen molar-refractivity contribution in [2.45, 2.75) is 46.1 Å². The lowest BCUT2D eigenvalue weighted by Gasteiger charge is -2.27. The first-order valence-corrected chi connectivity index (χ1v) is 11.7. The van der Waals surface area contributed by atoms with E-state index in [1.54, 1.807) is 18.5 Å². The fraction of sp³-hybridized carbons (Fsp3) is 0.476. The summed E-state index contributed by atoms with van der Waals surface area (Å²) in [6.07, 6.45) is 1.95. The molecule has 156 valence electrons. The van der Waals surface area contributed by atoms with Crippen molar-refractivity contribution in [1.82, 2.24) is 14.7 Å². The summed E-state index contributed by atoms with van der Waals surface area (Å²) < 4.78 is 25.5. The van der Waals surface area contributed by atoms with Crippen LogP contribution in [0.4, 0.5) is 0 Å². The highest BCUT2D eigenvalue weighted by Crippen LogP contribution is 2.23. The molecule has 0 saturated carbocycles. The van der Waals surface area contributed by atoms with E-state index in [0.717, 1.165) is 18.5 Å². The maximum Gasteiger partial charge on any atom is 0.295 e. The number of nitrogens with zero attached hydrogens (tertiary/aromatic N) is 3. The van der Waals surface area contributed by atoms with Gasteiger partial charge in [-0.25, -0.2) is 13.1 Å². The van der Waals surface area contributed by atoms with E-state index in [1.807, 2.05) is 37.3 Å². The van der Waals surface area contributed by atoms with Gasteiger partial charge in [-0.15, -0.1) is 0 Å². The fourth-order valence-corrected chi connectivity index (χ4v) is 5.56. The maximum absolute atomic E-state index is 13.2. The number of Topliss-reactive ketones (excluding diaryl/α,β-unsaturated/α-hetero) is 1. The summed E-state index contributed by atoms with van der Waals surface area (Å²) in [6.45, 7) is 5.85. The van der Waals surface area contributed by atoms with E-state index in [4.69, 9.17) is 0 Å². The van der Waals surface area contributed by atoms with Gasteiger partial charge < -0.3 is 4.90 Å². The van der Waals surface area contributed by atoms with E-state index < -0.39 is 27.6 Å². The van der Waals surface area contributed by atoms with Crippen LogP contribution in [0.3, 0.4) is 0 Å². The van der Waals surface area contributed by atoms with E-state index >= 15 is 0 Å². The first kappa shape index (κ1) is 21.2. The monoisotopic (exact) mass is 417 g/mol. The summed E-state index contributed by atoms with van der Waals surface area (Å²) in [6, 6.07) is 8.98. The highest BCUT2D eigenvalue weighted by Gasteiger charge is 2.38. The van der Waals surface area contributed by atoms with Crippen LogP contribution in [0, 0.1) is 13.8 Å². The van der Waals surface area contributed by atoms with Gasteiger partial charge >= 0.3 is 0 Å². The van der Waals surface area contributed by atoms with E-state index in [2.05, 4.69) is 5.10 Å². The lowest BCUT2D eigenvalue weighted by molar-refractivity contribution is -0.128. The molecule has 1 fully saturated rings. The first-order chi connectivity index (χ1) is 13.7. The standard InChI is InChI=1S/C21H27N3O4S/c1-4-5-12-23(18-11-13-29(27,28)14-18)21(26)20(25)19-15(2)22-24(16(19)3)17-9-7-6-8-10-17/h6-10,18H,4-5,11-14H2,1-3H3. The van der Waals surface area contributed by atoms with Crippen molar-refractivity contribution in [3.63, 3.8) is 0 Å². The summed E-state index contributed by atoms with van der Waals surface area (Å²) in [7, 11) is -3.16. The number of carbonyl (C=O) groups is 2. The average molecular weight is 418 g/mol. The number of sulfone groups is 1. The minimum Gasteiger partial charge on any atom is -0.332 e. The summed E-state index contributed by atoms with van der Waals surface area (Å²) in [5, 5.41) is 4.46. The molecule has 0 radical (unpaired) electrons. The molecule has 3 rings (SSSR count). The molecule has 1 aromatic carbocycles. The van der Waals surface area contributed by atoms with Gasteiger partial charge in [-0.3, -0.25) is 9.59 Å². The Morgan fingerprint density at radius 1 is 1.21 bits per heavy atom. The van der Waals surface area contributed by atoms with Crippen molar-refractivity contribution in [3.8, 4) is 5.69 Å². The second-order valence-corrected chi connectivity index (χ2v) is 9.76. The molecule has 0 bridgehead atoms. The van der Waals surface area contributed by atoms with Crippen molar-refractivity contribution in [3.05, 3.63) is 47.3 Å². The number of aromatic nitrogens is 2. The van der Waals surface area contributed by atoms with Crippen LogP contribution < -0.4 is 0 Å². The van der Waals surface area contributed by atoms with Gasteiger partial charge in [0.25, 0.3) is 11.7 Å². The Morgan fingerprint density at radius 3 is 2.48 bits per heavy atom. The van der Waals surface area contributed by atoms with Crippen molar-refractivity contribution in [2.75, 3.05) is 18.1 Å². The summed E-state index contributed by atoms with van der Waals surface area (Å²) in [5.74, 6) is -1.27. The van der Waals surface area contributed by atoms with Crippen molar-refractivity contribution >= 4 is 21.5 Å². The van der Waals surface area contributed by atoms with Gasteiger partial charge in [0.05, 0.1) is 34.1 Å². The second kappa shape index (κ2) is 8.49. The zero-order valence-electron chi connectivity index (χ0n) is 17.1. The Bertz CT molecular complexity index is 1010. The van der Waals surface area contributed by atoms with Gasteiger partial charge in [-0.1, -0.05) is 31.5 Å². The second-order valence-electron chi connectivity index (χ2n) is 7.53.